The van der Waals surface area contributed by atoms with Crippen molar-refractivity contribution in [3.8, 4) is 0 Å². The predicted octanol–water partition coefficient (Wildman–Crippen LogP) is 3.46. The topological polar surface area (TPSA) is 15.3 Å². The van der Waals surface area contributed by atoms with Gasteiger partial charge in [-0.15, -0.1) is 0 Å². The first-order chi connectivity index (χ1) is 9.74. The Labute approximate surface area is 123 Å². The summed E-state index contributed by atoms with van der Waals surface area (Å²) in [6.45, 7) is 8.29. The smallest absolute Gasteiger partial charge is 0.0399 e. The van der Waals surface area contributed by atoms with E-state index in [2.05, 4.69) is 48.3 Å². The van der Waals surface area contributed by atoms with Crippen molar-refractivity contribution in [2.24, 2.45) is 11.8 Å². The van der Waals surface area contributed by atoms with Gasteiger partial charge in [0.2, 0.25) is 0 Å². The highest BCUT2D eigenvalue weighted by atomic mass is 15.1. The third-order valence-electron chi connectivity index (χ3n) is 5.14. The summed E-state index contributed by atoms with van der Waals surface area (Å²) >= 11 is 0. The highest BCUT2D eigenvalue weighted by molar-refractivity contribution is 5.57. The van der Waals surface area contributed by atoms with Crippen molar-refractivity contribution in [2.75, 3.05) is 24.5 Å². The fourth-order valence-corrected chi connectivity index (χ4v) is 3.59. The van der Waals surface area contributed by atoms with Crippen LogP contribution in [0.3, 0.4) is 0 Å². The van der Waals surface area contributed by atoms with E-state index in [1.54, 1.807) is 0 Å². The van der Waals surface area contributed by atoms with Crippen LogP contribution in [0, 0.1) is 11.8 Å². The molecule has 0 aromatic heterocycles. The largest absolute Gasteiger partial charge is 0.371 e. The summed E-state index contributed by atoms with van der Waals surface area (Å²) in [5, 5.41) is 3.73. The van der Waals surface area contributed by atoms with E-state index in [9.17, 15) is 0 Å². The molecule has 1 saturated carbocycles. The summed E-state index contributed by atoms with van der Waals surface area (Å²) in [5.41, 5.74) is 3.00. The van der Waals surface area contributed by atoms with E-state index in [0.29, 0.717) is 0 Å². The van der Waals surface area contributed by atoms with E-state index in [1.807, 2.05) is 0 Å². The van der Waals surface area contributed by atoms with Crippen molar-refractivity contribution < 1.29 is 0 Å². The molecule has 1 heterocycles. The van der Waals surface area contributed by atoms with Crippen LogP contribution >= 0.6 is 0 Å². The van der Waals surface area contributed by atoms with Crippen molar-refractivity contribution in [3.05, 3.63) is 29.8 Å². The van der Waals surface area contributed by atoms with Crippen LogP contribution in [-0.4, -0.2) is 25.7 Å². The molecule has 0 atom stereocenters. The van der Waals surface area contributed by atoms with Gasteiger partial charge in [0.25, 0.3) is 0 Å². The lowest BCUT2D eigenvalue weighted by atomic mass is 9.74. The molecule has 0 saturated heterocycles. The van der Waals surface area contributed by atoms with E-state index >= 15 is 0 Å². The standard InChI is InChI=1S/C18H28N2/c1-14(2)16-12-17(13-16)19-9-5-10-20-11-8-15-6-3-4-7-18(15)20/h3-4,6-7,14,16-17,19H,5,8-13H2,1-2H3. The van der Waals surface area contributed by atoms with Gasteiger partial charge in [0, 0.05) is 24.8 Å². The summed E-state index contributed by atoms with van der Waals surface area (Å²) in [7, 11) is 0. The minimum absolute atomic E-state index is 0.799. The van der Waals surface area contributed by atoms with Gasteiger partial charge in [-0.1, -0.05) is 32.0 Å². The van der Waals surface area contributed by atoms with Gasteiger partial charge in [-0.05, 0) is 55.7 Å². The Hall–Kier alpha value is -1.02. The van der Waals surface area contributed by atoms with E-state index in [0.717, 1.165) is 17.9 Å². The minimum Gasteiger partial charge on any atom is -0.371 e. The van der Waals surface area contributed by atoms with E-state index < -0.39 is 0 Å². The molecule has 3 rings (SSSR count). The first-order valence-electron chi connectivity index (χ1n) is 8.30. The summed E-state index contributed by atoms with van der Waals surface area (Å²) in [5.74, 6) is 1.84. The van der Waals surface area contributed by atoms with Gasteiger partial charge in [-0.3, -0.25) is 0 Å². The number of hydrogen-bond donors (Lipinski definition) is 1. The van der Waals surface area contributed by atoms with Crippen molar-refractivity contribution in [1.29, 1.82) is 0 Å². The molecule has 1 N–H and O–H groups in total. The van der Waals surface area contributed by atoms with E-state index in [-0.39, 0.29) is 0 Å². The molecule has 1 aliphatic heterocycles. The van der Waals surface area contributed by atoms with Crippen molar-refractivity contribution >= 4 is 5.69 Å². The second kappa shape index (κ2) is 6.17. The van der Waals surface area contributed by atoms with Gasteiger partial charge in [-0.2, -0.15) is 0 Å². The van der Waals surface area contributed by atoms with E-state index in [1.165, 1.54) is 56.6 Å². The maximum Gasteiger partial charge on any atom is 0.0399 e. The Morgan fingerprint density at radius 2 is 2.05 bits per heavy atom. The highest BCUT2D eigenvalue weighted by Gasteiger charge is 2.30. The molecule has 110 valence electrons. The summed E-state index contributed by atoms with van der Waals surface area (Å²) in [6.07, 6.45) is 5.27. The van der Waals surface area contributed by atoms with Crippen LogP contribution in [0.2, 0.25) is 0 Å². The molecular formula is C18H28N2. The monoisotopic (exact) mass is 272 g/mol. The van der Waals surface area contributed by atoms with Crippen LogP contribution in [-0.2, 0) is 6.42 Å². The van der Waals surface area contributed by atoms with Crippen LogP contribution < -0.4 is 10.2 Å². The number of nitrogens with zero attached hydrogens (tertiary/aromatic N) is 1. The first kappa shape index (κ1) is 13.9. The Balaban J connectivity index is 1.34. The number of nitrogens with one attached hydrogen (secondary N) is 1. The quantitative estimate of drug-likeness (QED) is 0.798. The van der Waals surface area contributed by atoms with Gasteiger partial charge in [0.15, 0.2) is 0 Å². The van der Waals surface area contributed by atoms with Crippen molar-refractivity contribution in [2.45, 2.75) is 45.6 Å². The predicted molar refractivity (Wildman–Crippen MR) is 86.3 cm³/mol. The fourth-order valence-electron chi connectivity index (χ4n) is 3.59. The summed E-state index contributed by atoms with van der Waals surface area (Å²) in [4.78, 5) is 2.55. The Kier molecular flexibility index (Phi) is 4.30. The van der Waals surface area contributed by atoms with Gasteiger partial charge in [0.1, 0.15) is 0 Å². The molecule has 1 aromatic carbocycles. The van der Waals surface area contributed by atoms with Crippen molar-refractivity contribution in [3.63, 3.8) is 0 Å². The number of fused-ring (bicyclic) bond motifs is 1. The molecule has 0 amide bonds. The molecule has 0 bridgehead atoms. The molecule has 0 spiro atoms. The molecule has 1 aliphatic carbocycles. The van der Waals surface area contributed by atoms with Gasteiger partial charge < -0.3 is 10.2 Å². The SMILES string of the molecule is CC(C)C1CC(NCCCN2CCc3ccccc32)C1. The maximum atomic E-state index is 3.73. The number of para-hydroxylation sites is 1. The Morgan fingerprint density at radius 3 is 2.85 bits per heavy atom. The number of hydrogen-bond acceptors (Lipinski definition) is 2. The maximum absolute atomic E-state index is 3.73. The molecule has 1 fully saturated rings. The lowest BCUT2D eigenvalue weighted by Crippen LogP contribution is -2.43. The molecule has 0 radical (unpaired) electrons. The van der Waals surface area contributed by atoms with E-state index in [4.69, 9.17) is 0 Å². The summed E-state index contributed by atoms with van der Waals surface area (Å²) < 4.78 is 0. The zero-order chi connectivity index (χ0) is 13.9. The minimum atomic E-state index is 0.799. The van der Waals surface area contributed by atoms with Gasteiger partial charge >= 0.3 is 0 Å². The van der Waals surface area contributed by atoms with Crippen LogP contribution in [0.5, 0.6) is 0 Å². The second-order valence-electron chi connectivity index (χ2n) is 6.85. The highest BCUT2D eigenvalue weighted by Crippen LogP contribution is 2.33. The molecule has 2 heteroatoms. The normalized spacial score (nSPS) is 24.9. The molecule has 0 unspecified atom stereocenters. The summed E-state index contributed by atoms with van der Waals surface area (Å²) in [6, 6.07) is 9.66. The molecule has 20 heavy (non-hydrogen) atoms. The van der Waals surface area contributed by atoms with Crippen LogP contribution in [0.25, 0.3) is 0 Å². The molecular weight excluding hydrogens is 244 g/mol. The third-order valence-corrected chi connectivity index (χ3v) is 5.14. The molecule has 2 nitrogen and oxygen atoms in total. The lowest BCUT2D eigenvalue weighted by Gasteiger charge is -2.38. The average Bonchev–Trinajstić information content (AvgIpc) is 2.79. The zero-order valence-corrected chi connectivity index (χ0v) is 12.9. The average molecular weight is 272 g/mol. The lowest BCUT2D eigenvalue weighted by molar-refractivity contribution is 0.169. The van der Waals surface area contributed by atoms with Crippen LogP contribution in [0.4, 0.5) is 5.69 Å². The molecule has 1 aromatic rings. The second-order valence-corrected chi connectivity index (χ2v) is 6.85. The Bertz CT molecular complexity index is 435. The van der Waals surface area contributed by atoms with Gasteiger partial charge in [-0.25, -0.2) is 0 Å². The number of anilines is 1. The van der Waals surface area contributed by atoms with Crippen LogP contribution in [0.1, 0.15) is 38.7 Å². The first-order valence-corrected chi connectivity index (χ1v) is 8.30. The number of benzene rings is 1. The zero-order valence-electron chi connectivity index (χ0n) is 12.9. The van der Waals surface area contributed by atoms with Crippen molar-refractivity contribution in [1.82, 2.24) is 5.32 Å². The third kappa shape index (κ3) is 3.01. The van der Waals surface area contributed by atoms with Crippen LogP contribution in [0.15, 0.2) is 24.3 Å². The number of rotatable bonds is 6. The molecule has 2 aliphatic rings. The Morgan fingerprint density at radius 1 is 1.25 bits per heavy atom. The fraction of sp³-hybridized carbons (Fsp3) is 0.667. The van der Waals surface area contributed by atoms with Gasteiger partial charge in [0.05, 0.1) is 0 Å².